The van der Waals surface area contributed by atoms with E-state index in [1.807, 2.05) is 51.1 Å². The molecule has 35 heavy (non-hydrogen) atoms. The fraction of sp³-hybridized carbons (Fsp3) is 0.429. The highest BCUT2D eigenvalue weighted by Crippen LogP contribution is 2.35. The lowest BCUT2D eigenvalue weighted by Gasteiger charge is -2.24. The minimum Gasteiger partial charge on any atom is -0.496 e. The summed E-state index contributed by atoms with van der Waals surface area (Å²) < 4.78 is 17.1. The molecule has 186 valence electrons. The lowest BCUT2D eigenvalue weighted by atomic mass is 10.1. The number of methoxy groups -OCH3 is 1. The van der Waals surface area contributed by atoms with E-state index < -0.39 is 0 Å². The van der Waals surface area contributed by atoms with Gasteiger partial charge in [0.05, 0.1) is 13.2 Å². The highest BCUT2D eigenvalue weighted by Gasteiger charge is 2.24. The van der Waals surface area contributed by atoms with Crippen LogP contribution in [0.25, 0.3) is 6.08 Å². The first kappa shape index (κ1) is 24.8. The maximum absolute atomic E-state index is 13.2. The van der Waals surface area contributed by atoms with Crippen molar-refractivity contribution >= 4 is 23.6 Å². The lowest BCUT2D eigenvalue weighted by molar-refractivity contribution is -0.131. The minimum absolute atomic E-state index is 0.0572. The van der Waals surface area contributed by atoms with Crippen LogP contribution in [0.5, 0.6) is 11.5 Å². The first-order valence-corrected chi connectivity index (χ1v) is 12.2. The molecule has 2 heterocycles. The van der Waals surface area contributed by atoms with Gasteiger partial charge in [0.15, 0.2) is 0 Å². The molecule has 7 heteroatoms. The molecule has 0 radical (unpaired) electrons. The molecule has 2 aliphatic rings. The Hall–Kier alpha value is -3.32. The summed E-state index contributed by atoms with van der Waals surface area (Å²) in [6, 6.07) is 9.64. The van der Waals surface area contributed by atoms with Crippen LogP contribution in [0.4, 0.5) is 5.69 Å². The zero-order valence-electron chi connectivity index (χ0n) is 20.9. The fourth-order valence-corrected chi connectivity index (χ4v) is 4.54. The van der Waals surface area contributed by atoms with Gasteiger partial charge in [-0.1, -0.05) is 12.1 Å². The number of rotatable bonds is 8. The van der Waals surface area contributed by atoms with Gasteiger partial charge in [0, 0.05) is 42.5 Å². The van der Waals surface area contributed by atoms with Gasteiger partial charge in [-0.2, -0.15) is 0 Å². The molecule has 7 nitrogen and oxygen atoms in total. The van der Waals surface area contributed by atoms with E-state index in [4.69, 9.17) is 14.2 Å². The molecular weight excluding hydrogens is 444 g/mol. The zero-order chi connectivity index (χ0) is 24.9. The second-order valence-electron chi connectivity index (χ2n) is 9.32. The molecule has 4 rings (SSSR count). The maximum atomic E-state index is 13.2. The third kappa shape index (κ3) is 6.03. The Labute approximate surface area is 207 Å². The second-order valence-corrected chi connectivity index (χ2v) is 9.32. The molecule has 2 aliphatic heterocycles. The van der Waals surface area contributed by atoms with Crippen molar-refractivity contribution in [1.29, 1.82) is 0 Å². The molecule has 1 fully saturated rings. The Kier molecular flexibility index (Phi) is 7.76. The van der Waals surface area contributed by atoms with Crippen LogP contribution in [0.15, 0.2) is 36.4 Å². The summed E-state index contributed by atoms with van der Waals surface area (Å²) in [6.45, 7) is 6.99. The van der Waals surface area contributed by atoms with Crippen LogP contribution in [0.3, 0.4) is 0 Å². The highest BCUT2D eigenvalue weighted by atomic mass is 16.5. The van der Waals surface area contributed by atoms with Gasteiger partial charge in [-0.05, 0) is 69.0 Å². The van der Waals surface area contributed by atoms with Crippen molar-refractivity contribution in [1.82, 2.24) is 4.90 Å². The van der Waals surface area contributed by atoms with Crippen molar-refractivity contribution in [3.05, 3.63) is 58.7 Å². The van der Waals surface area contributed by atoms with Crippen LogP contribution in [0.1, 0.15) is 42.0 Å². The van der Waals surface area contributed by atoms with Crippen molar-refractivity contribution in [2.24, 2.45) is 0 Å². The monoisotopic (exact) mass is 478 g/mol. The van der Waals surface area contributed by atoms with Crippen molar-refractivity contribution < 1.29 is 23.8 Å². The topological polar surface area (TPSA) is 77.1 Å². The Morgan fingerprint density at radius 2 is 2.09 bits per heavy atom. The van der Waals surface area contributed by atoms with Gasteiger partial charge in [0.1, 0.15) is 24.1 Å². The van der Waals surface area contributed by atoms with E-state index in [0.717, 1.165) is 53.0 Å². The van der Waals surface area contributed by atoms with Crippen LogP contribution in [0.2, 0.25) is 0 Å². The van der Waals surface area contributed by atoms with Crippen molar-refractivity contribution in [3.8, 4) is 11.5 Å². The summed E-state index contributed by atoms with van der Waals surface area (Å²) in [4.78, 5) is 27.7. The number of amides is 2. The standard InChI is InChI=1S/C28H34N2O5/c1-18-7-5-9-24(20(18)3)29-27(31)17-30(16-23-8-6-12-34-23)28(32)11-10-21-14-26-22(13-19(2)35-26)15-25(21)33-4/h5,7,9-11,14-15,19,23H,6,8,12-13,16-17H2,1-4H3,(H,29,31). The number of benzene rings is 2. The molecule has 0 aliphatic carbocycles. The molecule has 0 spiro atoms. The molecule has 2 atom stereocenters. The van der Waals surface area contributed by atoms with Gasteiger partial charge in [-0.15, -0.1) is 0 Å². The average Bonchev–Trinajstić information content (AvgIpc) is 3.47. The van der Waals surface area contributed by atoms with E-state index in [1.165, 1.54) is 6.08 Å². The molecule has 2 aromatic carbocycles. The van der Waals surface area contributed by atoms with Crippen LogP contribution in [0, 0.1) is 13.8 Å². The van der Waals surface area contributed by atoms with Gasteiger partial charge >= 0.3 is 0 Å². The van der Waals surface area contributed by atoms with Crippen molar-refractivity contribution in [3.63, 3.8) is 0 Å². The normalized spacial score (nSPS) is 18.9. The first-order chi connectivity index (χ1) is 16.8. The number of ether oxygens (including phenoxy) is 3. The number of hydrogen-bond donors (Lipinski definition) is 1. The third-order valence-corrected chi connectivity index (χ3v) is 6.63. The maximum Gasteiger partial charge on any atom is 0.247 e. The van der Waals surface area contributed by atoms with E-state index in [-0.39, 0.29) is 30.6 Å². The van der Waals surface area contributed by atoms with Gasteiger partial charge in [-0.3, -0.25) is 9.59 Å². The fourth-order valence-electron chi connectivity index (χ4n) is 4.54. The third-order valence-electron chi connectivity index (χ3n) is 6.63. The predicted octanol–water partition coefficient (Wildman–Crippen LogP) is 4.29. The molecular formula is C28H34N2O5. The smallest absolute Gasteiger partial charge is 0.247 e. The van der Waals surface area contributed by atoms with Gasteiger partial charge in [0.2, 0.25) is 11.8 Å². The number of nitrogens with one attached hydrogen (secondary N) is 1. The first-order valence-electron chi connectivity index (χ1n) is 12.2. The Morgan fingerprint density at radius 3 is 2.83 bits per heavy atom. The van der Waals surface area contributed by atoms with Gasteiger partial charge < -0.3 is 24.4 Å². The molecule has 0 aromatic heterocycles. The quantitative estimate of drug-likeness (QED) is 0.573. The Morgan fingerprint density at radius 1 is 1.26 bits per heavy atom. The summed E-state index contributed by atoms with van der Waals surface area (Å²) in [5, 5.41) is 2.95. The summed E-state index contributed by atoms with van der Waals surface area (Å²) in [5.74, 6) is 1.00. The highest BCUT2D eigenvalue weighted by molar-refractivity contribution is 5.98. The van der Waals surface area contributed by atoms with Crippen LogP contribution in [-0.4, -0.2) is 55.7 Å². The lowest BCUT2D eigenvalue weighted by Crippen LogP contribution is -2.41. The number of carbonyl (C=O) groups excluding carboxylic acids is 2. The molecule has 2 unspecified atom stereocenters. The second kappa shape index (κ2) is 11.0. The van der Waals surface area contributed by atoms with Crippen LogP contribution >= 0.6 is 0 Å². The minimum atomic E-state index is -0.256. The Bertz CT molecular complexity index is 1120. The number of nitrogens with zero attached hydrogens (tertiary/aromatic N) is 1. The Balaban J connectivity index is 1.50. The van der Waals surface area contributed by atoms with Crippen molar-refractivity contribution in [2.75, 3.05) is 32.1 Å². The predicted molar refractivity (Wildman–Crippen MR) is 136 cm³/mol. The average molecular weight is 479 g/mol. The van der Waals surface area contributed by atoms with E-state index in [9.17, 15) is 9.59 Å². The SMILES string of the molecule is COc1cc2c(cc1C=CC(=O)N(CC(=O)Nc1cccc(C)c1C)CC1CCCO1)OC(C)C2. The van der Waals surface area contributed by atoms with Crippen LogP contribution in [-0.2, 0) is 20.7 Å². The summed E-state index contributed by atoms with van der Waals surface area (Å²) >= 11 is 0. The molecule has 0 bridgehead atoms. The summed E-state index contributed by atoms with van der Waals surface area (Å²) in [5.41, 5.74) is 4.72. The number of aryl methyl sites for hydroxylation is 1. The summed E-state index contributed by atoms with van der Waals surface area (Å²) in [6.07, 6.45) is 5.93. The van der Waals surface area contributed by atoms with Gasteiger partial charge in [0.25, 0.3) is 0 Å². The number of anilines is 1. The van der Waals surface area contributed by atoms with Crippen LogP contribution < -0.4 is 14.8 Å². The largest absolute Gasteiger partial charge is 0.496 e. The van der Waals surface area contributed by atoms with Gasteiger partial charge in [-0.25, -0.2) is 0 Å². The number of fused-ring (bicyclic) bond motifs is 1. The van der Waals surface area contributed by atoms with E-state index in [2.05, 4.69) is 5.32 Å². The molecule has 0 saturated carbocycles. The number of carbonyl (C=O) groups is 2. The van der Waals surface area contributed by atoms with E-state index in [1.54, 1.807) is 18.1 Å². The van der Waals surface area contributed by atoms with E-state index >= 15 is 0 Å². The molecule has 2 amide bonds. The molecule has 2 aromatic rings. The number of hydrogen-bond acceptors (Lipinski definition) is 5. The molecule has 1 N–H and O–H groups in total. The zero-order valence-corrected chi connectivity index (χ0v) is 20.9. The van der Waals surface area contributed by atoms with Crippen molar-refractivity contribution in [2.45, 2.75) is 52.2 Å². The molecule has 1 saturated heterocycles. The summed E-state index contributed by atoms with van der Waals surface area (Å²) in [7, 11) is 1.61. The van der Waals surface area contributed by atoms with E-state index in [0.29, 0.717) is 18.9 Å².